The Bertz CT molecular complexity index is 1270. The molecule has 1 fully saturated rings. The van der Waals surface area contributed by atoms with Gasteiger partial charge in [-0.25, -0.2) is 19.2 Å². The van der Waals surface area contributed by atoms with Crippen LogP contribution in [0.3, 0.4) is 0 Å². The molecule has 2 unspecified atom stereocenters. The molecular weight excluding hydrogens is 535 g/mol. The Balaban J connectivity index is 1.28. The molecule has 1 aliphatic carbocycles. The van der Waals surface area contributed by atoms with E-state index in [-0.39, 0.29) is 48.6 Å². The molecule has 1 aromatic carbocycles. The SMILES string of the molecule is COc1cc(CNC(=O)c2cc(C3=NOC(C4CCC(NC(=O)N(C)CC(O)CO)CC4)C3)nc(C)n2)ccc1F. The lowest BCUT2D eigenvalue weighted by Gasteiger charge is -2.32. The quantitative estimate of drug-likeness (QED) is 0.336. The van der Waals surface area contributed by atoms with Gasteiger partial charge in [-0.15, -0.1) is 0 Å². The number of rotatable bonds is 10. The van der Waals surface area contributed by atoms with Crippen molar-refractivity contribution in [3.8, 4) is 5.75 Å². The normalized spacial score (nSPS) is 20.9. The summed E-state index contributed by atoms with van der Waals surface area (Å²) in [5.41, 5.74) is 2.06. The van der Waals surface area contributed by atoms with Gasteiger partial charge in [-0.3, -0.25) is 4.79 Å². The number of ether oxygens (including phenoxy) is 1. The van der Waals surface area contributed by atoms with E-state index in [1.165, 1.54) is 24.1 Å². The van der Waals surface area contributed by atoms with Gasteiger partial charge >= 0.3 is 6.03 Å². The van der Waals surface area contributed by atoms with Gasteiger partial charge in [0.1, 0.15) is 23.3 Å². The Morgan fingerprint density at radius 2 is 1.98 bits per heavy atom. The summed E-state index contributed by atoms with van der Waals surface area (Å²) in [6.07, 6.45) is 2.75. The number of aliphatic hydroxyl groups is 2. The second kappa shape index (κ2) is 13.7. The molecule has 13 heteroatoms. The third kappa shape index (κ3) is 7.88. The van der Waals surface area contributed by atoms with Crippen molar-refractivity contribution in [2.75, 3.05) is 27.3 Å². The van der Waals surface area contributed by atoms with Crippen molar-refractivity contribution in [3.63, 3.8) is 0 Å². The van der Waals surface area contributed by atoms with Crippen molar-refractivity contribution >= 4 is 17.6 Å². The molecule has 1 aromatic heterocycles. The van der Waals surface area contributed by atoms with Gasteiger partial charge in [0.2, 0.25) is 0 Å². The molecule has 4 rings (SSSR count). The van der Waals surface area contributed by atoms with Crippen molar-refractivity contribution < 1.29 is 33.8 Å². The van der Waals surface area contributed by atoms with E-state index in [0.717, 1.165) is 25.7 Å². The number of likely N-dealkylation sites (N-methyl/N-ethyl adjacent to an activating group) is 1. The lowest BCUT2D eigenvalue weighted by molar-refractivity contribution is 0.0234. The average molecular weight is 573 g/mol. The van der Waals surface area contributed by atoms with Gasteiger partial charge in [0.15, 0.2) is 11.6 Å². The molecule has 2 atom stereocenters. The van der Waals surface area contributed by atoms with Crippen LogP contribution in [-0.4, -0.2) is 88.3 Å². The van der Waals surface area contributed by atoms with E-state index in [0.29, 0.717) is 29.2 Å². The molecule has 0 bridgehead atoms. The Kier molecular flexibility index (Phi) is 10.1. The summed E-state index contributed by atoms with van der Waals surface area (Å²) in [5, 5.41) is 28.6. The molecule has 3 amide bonds. The standard InChI is InChI=1S/C28H37FN6O6/c1-16-31-22(11-24(32-16)27(38)30-13-17-4-9-21(29)26(10-17)40-3)23-12-25(41-34-23)18-5-7-19(8-6-18)33-28(39)35(2)14-20(37)15-36/h4,9-11,18-20,25,36-37H,5-8,12-15H2,1-3H3,(H,30,38)(H,33,39). The minimum atomic E-state index is -0.967. The number of benzene rings is 1. The average Bonchev–Trinajstić information content (AvgIpc) is 3.47. The van der Waals surface area contributed by atoms with Gasteiger partial charge in [0.25, 0.3) is 5.91 Å². The second-order valence-electron chi connectivity index (χ2n) is 10.5. The molecule has 2 aliphatic rings. The van der Waals surface area contributed by atoms with Crippen molar-refractivity contribution in [2.24, 2.45) is 11.1 Å². The molecule has 0 spiro atoms. The predicted octanol–water partition coefficient (Wildman–Crippen LogP) is 1.91. The van der Waals surface area contributed by atoms with E-state index in [1.807, 2.05) is 0 Å². The molecule has 222 valence electrons. The highest BCUT2D eigenvalue weighted by molar-refractivity contribution is 6.01. The number of urea groups is 1. The smallest absolute Gasteiger partial charge is 0.317 e. The summed E-state index contributed by atoms with van der Waals surface area (Å²) >= 11 is 0. The fraction of sp³-hybridized carbons (Fsp3) is 0.536. The van der Waals surface area contributed by atoms with Gasteiger partial charge in [-0.05, 0) is 62.3 Å². The largest absolute Gasteiger partial charge is 0.494 e. The van der Waals surface area contributed by atoms with Crippen LogP contribution in [-0.2, 0) is 11.4 Å². The van der Waals surface area contributed by atoms with Crippen LogP contribution in [0, 0.1) is 18.7 Å². The van der Waals surface area contributed by atoms with Crippen LogP contribution < -0.4 is 15.4 Å². The molecule has 2 aromatic rings. The third-order valence-electron chi connectivity index (χ3n) is 7.39. The number of nitrogens with one attached hydrogen (secondary N) is 2. The van der Waals surface area contributed by atoms with Crippen molar-refractivity contribution in [1.82, 2.24) is 25.5 Å². The highest BCUT2D eigenvalue weighted by Crippen LogP contribution is 2.33. The summed E-state index contributed by atoms with van der Waals surface area (Å²) in [5.74, 6) is -0.0813. The van der Waals surface area contributed by atoms with Crippen molar-refractivity contribution in [1.29, 1.82) is 0 Å². The summed E-state index contributed by atoms with van der Waals surface area (Å²) < 4.78 is 18.7. The Morgan fingerprint density at radius 1 is 1.22 bits per heavy atom. The van der Waals surface area contributed by atoms with Crippen LogP contribution in [0.5, 0.6) is 5.75 Å². The van der Waals surface area contributed by atoms with Crippen LogP contribution in [0.25, 0.3) is 0 Å². The van der Waals surface area contributed by atoms with Crippen LogP contribution in [0.15, 0.2) is 29.4 Å². The maximum Gasteiger partial charge on any atom is 0.317 e. The first-order valence-electron chi connectivity index (χ1n) is 13.7. The Labute approximate surface area is 237 Å². The van der Waals surface area contributed by atoms with Gasteiger partial charge in [0.05, 0.1) is 32.1 Å². The molecule has 1 aliphatic heterocycles. The number of methoxy groups -OCH3 is 1. The summed E-state index contributed by atoms with van der Waals surface area (Å²) in [7, 11) is 2.96. The second-order valence-corrected chi connectivity index (χ2v) is 10.5. The third-order valence-corrected chi connectivity index (χ3v) is 7.39. The first-order chi connectivity index (χ1) is 19.7. The number of aromatic nitrogens is 2. The maximum absolute atomic E-state index is 13.7. The van der Waals surface area contributed by atoms with Gasteiger partial charge in [-0.2, -0.15) is 0 Å². The molecule has 4 N–H and O–H groups in total. The van der Waals surface area contributed by atoms with E-state index in [1.54, 1.807) is 26.1 Å². The van der Waals surface area contributed by atoms with Crippen LogP contribution in [0.2, 0.25) is 0 Å². The zero-order valence-corrected chi connectivity index (χ0v) is 23.5. The molecule has 0 saturated heterocycles. The number of carbonyl (C=O) groups is 2. The van der Waals surface area contributed by atoms with E-state index in [4.69, 9.17) is 14.7 Å². The predicted molar refractivity (Wildman–Crippen MR) is 147 cm³/mol. The fourth-order valence-corrected chi connectivity index (χ4v) is 5.10. The van der Waals surface area contributed by atoms with E-state index < -0.39 is 24.4 Å². The number of hydrogen-bond donors (Lipinski definition) is 4. The van der Waals surface area contributed by atoms with E-state index in [2.05, 4.69) is 25.8 Å². The number of hydrogen-bond acceptors (Lipinski definition) is 9. The molecule has 41 heavy (non-hydrogen) atoms. The highest BCUT2D eigenvalue weighted by Gasteiger charge is 2.34. The van der Waals surface area contributed by atoms with Crippen molar-refractivity contribution in [3.05, 3.63) is 52.9 Å². The summed E-state index contributed by atoms with van der Waals surface area (Å²) in [6.45, 7) is 1.54. The number of nitrogens with zero attached hydrogens (tertiary/aromatic N) is 4. The zero-order valence-electron chi connectivity index (χ0n) is 23.5. The monoisotopic (exact) mass is 572 g/mol. The number of halogens is 1. The Morgan fingerprint density at radius 3 is 2.68 bits per heavy atom. The number of oxime groups is 1. The lowest BCUT2D eigenvalue weighted by Crippen LogP contribution is -2.47. The number of aliphatic hydroxyl groups excluding tert-OH is 2. The number of carbonyl (C=O) groups excluding carboxylic acids is 2. The van der Waals surface area contributed by atoms with Gasteiger partial charge in [0, 0.05) is 26.1 Å². The van der Waals surface area contributed by atoms with E-state index in [9.17, 15) is 19.1 Å². The number of aryl methyl sites for hydroxylation is 1. The maximum atomic E-state index is 13.7. The summed E-state index contributed by atoms with van der Waals surface area (Å²) in [4.78, 5) is 41.1. The minimum Gasteiger partial charge on any atom is -0.494 e. The topological polar surface area (TPSA) is 158 Å². The molecule has 2 heterocycles. The summed E-state index contributed by atoms with van der Waals surface area (Å²) in [6, 6.07) is 5.73. The number of amides is 3. The zero-order chi connectivity index (χ0) is 29.5. The van der Waals surface area contributed by atoms with Gasteiger partial charge in [-0.1, -0.05) is 11.2 Å². The van der Waals surface area contributed by atoms with E-state index >= 15 is 0 Å². The molecular formula is C28H37FN6O6. The molecule has 12 nitrogen and oxygen atoms in total. The first-order valence-corrected chi connectivity index (χ1v) is 13.7. The van der Waals surface area contributed by atoms with Gasteiger partial charge < -0.3 is 35.3 Å². The Hall–Kier alpha value is -3.84. The molecule has 0 radical (unpaired) electrons. The van der Waals surface area contributed by atoms with Crippen molar-refractivity contribution in [2.45, 2.75) is 63.8 Å². The lowest BCUT2D eigenvalue weighted by atomic mass is 9.81. The molecule has 1 saturated carbocycles. The van der Waals surface area contributed by atoms with Crippen LogP contribution in [0.1, 0.15) is 59.7 Å². The van der Waals surface area contributed by atoms with Crippen LogP contribution in [0.4, 0.5) is 9.18 Å². The minimum absolute atomic E-state index is 0.0239. The van der Waals surface area contributed by atoms with Crippen LogP contribution >= 0.6 is 0 Å². The first kappa shape index (κ1) is 30.1. The fourth-order valence-electron chi connectivity index (χ4n) is 5.10. The highest BCUT2D eigenvalue weighted by atomic mass is 19.1.